The second-order valence-corrected chi connectivity index (χ2v) is 6.07. The largest absolute Gasteiger partial charge is 0.339 e. The van der Waals surface area contributed by atoms with Crippen LogP contribution in [0, 0.1) is 20.8 Å². The molecule has 0 radical (unpaired) electrons. The van der Waals surface area contributed by atoms with Gasteiger partial charge in [0.2, 0.25) is 0 Å². The maximum absolute atomic E-state index is 12.2. The summed E-state index contributed by atoms with van der Waals surface area (Å²) in [6, 6.07) is 17.2. The van der Waals surface area contributed by atoms with E-state index >= 15 is 0 Å². The van der Waals surface area contributed by atoms with Gasteiger partial charge in [0.25, 0.3) is 5.91 Å². The molecule has 0 bridgehead atoms. The number of carbonyl (C=O) groups excluding carboxylic acids is 1. The number of hydrogen-bond donors (Lipinski definition) is 2. The Morgan fingerprint density at radius 1 is 0.840 bits per heavy atom. The van der Waals surface area contributed by atoms with E-state index in [1.807, 2.05) is 45.0 Å². The van der Waals surface area contributed by atoms with Gasteiger partial charge in [0.1, 0.15) is 0 Å². The number of aromatic nitrogens is 2. The molecule has 126 valence electrons. The van der Waals surface area contributed by atoms with Crippen molar-refractivity contribution in [2.45, 2.75) is 20.8 Å². The molecule has 0 atom stereocenters. The average Bonchev–Trinajstić information content (AvgIpc) is 2.61. The van der Waals surface area contributed by atoms with E-state index in [0.29, 0.717) is 5.82 Å². The first kappa shape index (κ1) is 16.6. The number of aryl methyl sites for hydroxylation is 3. The zero-order valence-electron chi connectivity index (χ0n) is 14.5. The summed E-state index contributed by atoms with van der Waals surface area (Å²) >= 11 is 0. The van der Waals surface area contributed by atoms with Gasteiger partial charge in [-0.05, 0) is 62.2 Å². The molecular formula is C20H20N4O. The second-order valence-electron chi connectivity index (χ2n) is 6.07. The predicted molar refractivity (Wildman–Crippen MR) is 100 cm³/mol. The van der Waals surface area contributed by atoms with E-state index in [9.17, 15) is 4.79 Å². The monoisotopic (exact) mass is 332 g/mol. The van der Waals surface area contributed by atoms with Crippen LogP contribution in [0.1, 0.15) is 27.2 Å². The molecule has 3 aromatic rings. The molecule has 0 aliphatic rings. The minimum Gasteiger partial charge on any atom is -0.339 e. The third-order valence-electron chi connectivity index (χ3n) is 3.86. The summed E-state index contributed by atoms with van der Waals surface area (Å²) in [7, 11) is 0. The first-order valence-electron chi connectivity index (χ1n) is 8.07. The number of rotatable bonds is 4. The van der Waals surface area contributed by atoms with Gasteiger partial charge in [0.15, 0.2) is 11.5 Å². The van der Waals surface area contributed by atoms with Crippen molar-refractivity contribution in [2.24, 2.45) is 0 Å². The molecule has 0 fully saturated rings. The number of hydrogen-bond acceptors (Lipinski definition) is 4. The van der Waals surface area contributed by atoms with E-state index in [2.05, 4.69) is 39.0 Å². The Hall–Kier alpha value is -3.21. The average molecular weight is 332 g/mol. The molecule has 0 saturated carbocycles. The number of nitrogens with zero attached hydrogens (tertiary/aromatic N) is 2. The van der Waals surface area contributed by atoms with Crippen LogP contribution in [0.2, 0.25) is 0 Å². The van der Waals surface area contributed by atoms with Crippen LogP contribution in [0.3, 0.4) is 0 Å². The number of benzene rings is 2. The lowest BCUT2D eigenvalue weighted by Gasteiger charge is -2.10. The fourth-order valence-electron chi connectivity index (χ4n) is 2.36. The fourth-order valence-corrected chi connectivity index (χ4v) is 2.36. The lowest BCUT2D eigenvalue weighted by molar-refractivity contribution is 0.102. The smallest absolute Gasteiger partial charge is 0.276 e. The van der Waals surface area contributed by atoms with Crippen LogP contribution in [-0.4, -0.2) is 16.1 Å². The third kappa shape index (κ3) is 4.20. The minimum absolute atomic E-state index is 0.270. The van der Waals surface area contributed by atoms with Crippen LogP contribution in [0.5, 0.6) is 0 Å². The highest BCUT2D eigenvalue weighted by molar-refractivity contribution is 6.02. The topological polar surface area (TPSA) is 66.9 Å². The van der Waals surface area contributed by atoms with Crippen molar-refractivity contribution in [1.82, 2.24) is 10.2 Å². The Labute approximate surface area is 147 Å². The molecule has 25 heavy (non-hydrogen) atoms. The predicted octanol–water partition coefficient (Wildman–Crippen LogP) is 4.40. The van der Waals surface area contributed by atoms with Gasteiger partial charge >= 0.3 is 0 Å². The maximum Gasteiger partial charge on any atom is 0.276 e. The summed E-state index contributed by atoms with van der Waals surface area (Å²) in [4.78, 5) is 12.2. The fraction of sp³-hybridized carbons (Fsp3) is 0.150. The quantitative estimate of drug-likeness (QED) is 0.743. The standard InChI is InChI=1S/C20H20N4O/c1-13-5-8-16(9-6-13)21-20(25)17-10-11-19(24-23-17)22-18-12-14(2)4-7-15(18)3/h4-12H,1-3H3,(H,21,25)(H,22,24). The molecular weight excluding hydrogens is 312 g/mol. The Morgan fingerprint density at radius 2 is 1.56 bits per heavy atom. The summed E-state index contributed by atoms with van der Waals surface area (Å²) in [5.41, 5.74) is 5.40. The molecule has 0 saturated heterocycles. The third-order valence-corrected chi connectivity index (χ3v) is 3.86. The number of nitrogens with one attached hydrogen (secondary N) is 2. The van der Waals surface area contributed by atoms with Gasteiger partial charge in [-0.3, -0.25) is 4.79 Å². The van der Waals surface area contributed by atoms with Gasteiger partial charge in [-0.1, -0.05) is 29.8 Å². The molecule has 2 N–H and O–H groups in total. The molecule has 0 aliphatic carbocycles. The first-order valence-corrected chi connectivity index (χ1v) is 8.07. The molecule has 3 rings (SSSR count). The van der Waals surface area contributed by atoms with Crippen molar-refractivity contribution in [3.8, 4) is 0 Å². The van der Waals surface area contributed by atoms with E-state index in [0.717, 1.165) is 28.1 Å². The van der Waals surface area contributed by atoms with E-state index < -0.39 is 0 Å². The van der Waals surface area contributed by atoms with E-state index in [-0.39, 0.29) is 11.6 Å². The molecule has 5 nitrogen and oxygen atoms in total. The molecule has 0 aliphatic heterocycles. The maximum atomic E-state index is 12.2. The Balaban J connectivity index is 1.70. The van der Waals surface area contributed by atoms with Gasteiger partial charge in [-0.15, -0.1) is 10.2 Å². The Morgan fingerprint density at radius 3 is 2.24 bits per heavy atom. The van der Waals surface area contributed by atoms with Crippen LogP contribution in [0.25, 0.3) is 0 Å². The van der Waals surface area contributed by atoms with Crippen LogP contribution in [-0.2, 0) is 0 Å². The van der Waals surface area contributed by atoms with Crippen molar-refractivity contribution in [1.29, 1.82) is 0 Å². The van der Waals surface area contributed by atoms with Crippen LogP contribution in [0.4, 0.5) is 17.2 Å². The zero-order valence-corrected chi connectivity index (χ0v) is 14.5. The highest BCUT2D eigenvalue weighted by Crippen LogP contribution is 2.20. The van der Waals surface area contributed by atoms with Crippen LogP contribution < -0.4 is 10.6 Å². The zero-order chi connectivity index (χ0) is 17.8. The summed E-state index contributed by atoms with van der Waals surface area (Å²) < 4.78 is 0. The van der Waals surface area contributed by atoms with Gasteiger partial charge in [0.05, 0.1) is 0 Å². The Kier molecular flexibility index (Phi) is 4.75. The van der Waals surface area contributed by atoms with Crippen molar-refractivity contribution < 1.29 is 4.79 Å². The van der Waals surface area contributed by atoms with Gasteiger partial charge in [0, 0.05) is 11.4 Å². The molecule has 0 unspecified atom stereocenters. The SMILES string of the molecule is Cc1ccc(NC(=O)c2ccc(Nc3cc(C)ccc3C)nn2)cc1. The lowest BCUT2D eigenvalue weighted by Crippen LogP contribution is -2.14. The highest BCUT2D eigenvalue weighted by Gasteiger charge is 2.09. The van der Waals surface area contributed by atoms with Crippen molar-refractivity contribution >= 4 is 23.1 Å². The van der Waals surface area contributed by atoms with E-state index in [4.69, 9.17) is 0 Å². The van der Waals surface area contributed by atoms with Gasteiger partial charge in [-0.25, -0.2) is 0 Å². The normalized spacial score (nSPS) is 10.4. The van der Waals surface area contributed by atoms with Gasteiger partial charge < -0.3 is 10.6 Å². The summed E-state index contributed by atoms with van der Waals surface area (Å²) in [5, 5.41) is 14.2. The molecule has 1 amide bonds. The van der Waals surface area contributed by atoms with Crippen molar-refractivity contribution in [2.75, 3.05) is 10.6 Å². The van der Waals surface area contributed by atoms with Crippen LogP contribution >= 0.6 is 0 Å². The highest BCUT2D eigenvalue weighted by atomic mass is 16.1. The number of anilines is 3. The van der Waals surface area contributed by atoms with E-state index in [1.54, 1.807) is 12.1 Å². The Bertz CT molecular complexity index is 887. The van der Waals surface area contributed by atoms with Crippen molar-refractivity contribution in [3.05, 3.63) is 77.0 Å². The van der Waals surface area contributed by atoms with Crippen molar-refractivity contribution in [3.63, 3.8) is 0 Å². The van der Waals surface area contributed by atoms with Crippen LogP contribution in [0.15, 0.2) is 54.6 Å². The minimum atomic E-state index is -0.283. The molecule has 5 heteroatoms. The van der Waals surface area contributed by atoms with E-state index in [1.165, 1.54) is 0 Å². The summed E-state index contributed by atoms with van der Waals surface area (Å²) in [6.07, 6.45) is 0. The molecule has 1 heterocycles. The van der Waals surface area contributed by atoms with Gasteiger partial charge in [-0.2, -0.15) is 0 Å². The molecule has 0 spiro atoms. The lowest BCUT2D eigenvalue weighted by atomic mass is 10.1. The summed E-state index contributed by atoms with van der Waals surface area (Å²) in [6.45, 7) is 6.06. The molecule has 1 aromatic heterocycles. The first-order chi connectivity index (χ1) is 12.0. The number of amides is 1. The summed E-state index contributed by atoms with van der Waals surface area (Å²) in [5.74, 6) is 0.315. The second kappa shape index (κ2) is 7.13. The number of carbonyl (C=O) groups is 1. The molecule has 2 aromatic carbocycles.